The van der Waals surface area contributed by atoms with Gasteiger partial charge in [-0.15, -0.1) is 0 Å². The molecule has 3 fully saturated rings. The molecule has 4 aliphatic rings. The van der Waals surface area contributed by atoms with Gasteiger partial charge < -0.3 is 4.74 Å². The Hall–Kier alpha value is -0.790. The van der Waals surface area contributed by atoms with Crippen molar-refractivity contribution in [1.29, 1.82) is 0 Å². The third-order valence-corrected chi connectivity index (χ3v) is 6.77. The van der Waals surface area contributed by atoms with Crippen LogP contribution in [-0.2, 0) is 9.53 Å². The number of rotatable bonds is 3. The highest BCUT2D eigenvalue weighted by molar-refractivity contribution is 5.65. The van der Waals surface area contributed by atoms with Crippen LogP contribution in [-0.4, -0.2) is 12.6 Å². The van der Waals surface area contributed by atoms with E-state index in [1.54, 1.807) is 0 Å². The quantitative estimate of drug-likeness (QED) is 0.442. The van der Waals surface area contributed by atoms with E-state index >= 15 is 0 Å². The predicted octanol–water partition coefficient (Wildman–Crippen LogP) is 3.28. The van der Waals surface area contributed by atoms with Gasteiger partial charge in [0.2, 0.25) is 0 Å². The van der Waals surface area contributed by atoms with Crippen molar-refractivity contribution in [2.45, 2.75) is 33.1 Å². The van der Waals surface area contributed by atoms with E-state index in [-0.39, 0.29) is 5.97 Å². The van der Waals surface area contributed by atoms with Crippen LogP contribution < -0.4 is 0 Å². The van der Waals surface area contributed by atoms with Crippen molar-refractivity contribution in [3.63, 3.8) is 0 Å². The molecule has 2 nitrogen and oxygen atoms in total. The summed E-state index contributed by atoms with van der Waals surface area (Å²) < 4.78 is 5.18. The molecule has 0 N–H and O–H groups in total. The highest BCUT2D eigenvalue weighted by Crippen LogP contribution is 2.69. The highest BCUT2D eigenvalue weighted by atomic mass is 16.5. The van der Waals surface area contributed by atoms with Crippen molar-refractivity contribution in [2.75, 3.05) is 6.61 Å². The van der Waals surface area contributed by atoms with Crippen molar-refractivity contribution >= 4 is 5.97 Å². The zero-order valence-corrected chi connectivity index (χ0v) is 11.9. The fourth-order valence-electron chi connectivity index (χ4n) is 6.28. The van der Waals surface area contributed by atoms with Gasteiger partial charge in [-0.05, 0) is 66.6 Å². The van der Waals surface area contributed by atoms with Crippen molar-refractivity contribution in [3.05, 3.63) is 12.2 Å². The van der Waals surface area contributed by atoms with E-state index in [1.165, 1.54) is 19.8 Å². The molecule has 4 aliphatic carbocycles. The van der Waals surface area contributed by atoms with Crippen LogP contribution in [0, 0.1) is 47.3 Å². The molecule has 8 unspecified atom stereocenters. The molecule has 0 amide bonds. The number of ether oxygens (including phenoxy) is 1. The van der Waals surface area contributed by atoms with Crippen molar-refractivity contribution < 1.29 is 9.53 Å². The Morgan fingerprint density at radius 2 is 1.84 bits per heavy atom. The molecule has 4 rings (SSSR count). The summed E-state index contributed by atoms with van der Waals surface area (Å²) in [7, 11) is 0. The first-order valence-electron chi connectivity index (χ1n) is 7.98. The summed E-state index contributed by atoms with van der Waals surface area (Å²) >= 11 is 0. The van der Waals surface area contributed by atoms with Crippen LogP contribution >= 0.6 is 0 Å². The molecular weight excluding hydrogens is 236 g/mol. The van der Waals surface area contributed by atoms with E-state index in [9.17, 15) is 4.79 Å². The normalized spacial score (nSPS) is 52.7. The maximum Gasteiger partial charge on any atom is 0.302 e. The highest BCUT2D eigenvalue weighted by Gasteiger charge is 2.63. The summed E-state index contributed by atoms with van der Waals surface area (Å²) in [4.78, 5) is 10.9. The summed E-state index contributed by atoms with van der Waals surface area (Å²) in [6, 6.07) is 0. The van der Waals surface area contributed by atoms with Crippen molar-refractivity contribution in [2.24, 2.45) is 47.3 Å². The predicted molar refractivity (Wildman–Crippen MR) is 73.2 cm³/mol. The van der Waals surface area contributed by atoms with E-state index < -0.39 is 0 Å². The second-order valence-corrected chi connectivity index (χ2v) is 7.32. The van der Waals surface area contributed by atoms with E-state index in [1.807, 2.05) is 0 Å². The Labute approximate surface area is 115 Å². The molecule has 4 bridgehead atoms. The van der Waals surface area contributed by atoms with Gasteiger partial charge in [0.05, 0.1) is 6.61 Å². The van der Waals surface area contributed by atoms with Gasteiger partial charge in [-0.2, -0.15) is 0 Å². The molecule has 0 saturated heterocycles. The first-order valence-corrected chi connectivity index (χ1v) is 7.98. The topological polar surface area (TPSA) is 26.3 Å². The minimum absolute atomic E-state index is 0.128. The summed E-state index contributed by atoms with van der Waals surface area (Å²) in [5.41, 5.74) is 0. The number of esters is 1. The SMILES string of the molecule is CC(=O)OCCC1C(C)C2CC1C1C3C=CC(C3)C21. The Balaban J connectivity index is 1.48. The average Bonchev–Trinajstić information content (AvgIpc) is 3.07. The smallest absolute Gasteiger partial charge is 0.302 e. The molecule has 0 aromatic heterocycles. The Bertz CT molecular complexity index is 427. The number of fused-ring (bicyclic) bond motifs is 9. The van der Waals surface area contributed by atoms with E-state index in [0.29, 0.717) is 6.61 Å². The van der Waals surface area contributed by atoms with Crippen LogP contribution in [0.2, 0.25) is 0 Å². The zero-order valence-electron chi connectivity index (χ0n) is 11.9. The summed E-state index contributed by atoms with van der Waals surface area (Å²) in [5, 5.41) is 0. The zero-order chi connectivity index (χ0) is 13.1. The van der Waals surface area contributed by atoms with Crippen LogP contribution in [0.5, 0.6) is 0 Å². The minimum atomic E-state index is -0.128. The Kier molecular flexibility index (Phi) is 2.59. The fourth-order valence-corrected chi connectivity index (χ4v) is 6.28. The van der Waals surface area contributed by atoms with Gasteiger partial charge >= 0.3 is 5.97 Å². The number of carbonyl (C=O) groups excluding carboxylic acids is 1. The van der Waals surface area contributed by atoms with Gasteiger partial charge in [0, 0.05) is 6.92 Å². The lowest BCUT2D eigenvalue weighted by molar-refractivity contribution is -0.141. The van der Waals surface area contributed by atoms with Gasteiger partial charge in [-0.3, -0.25) is 4.79 Å². The van der Waals surface area contributed by atoms with Crippen LogP contribution in [0.15, 0.2) is 12.2 Å². The molecule has 0 aromatic carbocycles. The van der Waals surface area contributed by atoms with E-state index in [2.05, 4.69) is 19.1 Å². The number of hydrogen-bond donors (Lipinski definition) is 0. The number of hydrogen-bond acceptors (Lipinski definition) is 2. The maximum absolute atomic E-state index is 10.9. The van der Waals surface area contributed by atoms with E-state index in [0.717, 1.165) is 53.8 Å². The molecular formula is C17H24O2. The Morgan fingerprint density at radius 1 is 1.16 bits per heavy atom. The molecule has 0 aliphatic heterocycles. The lowest BCUT2D eigenvalue weighted by atomic mass is 9.64. The van der Waals surface area contributed by atoms with Crippen LogP contribution in [0.3, 0.4) is 0 Å². The third kappa shape index (κ3) is 1.58. The molecule has 8 atom stereocenters. The van der Waals surface area contributed by atoms with Gasteiger partial charge in [0.25, 0.3) is 0 Å². The van der Waals surface area contributed by atoms with Crippen molar-refractivity contribution in [3.8, 4) is 0 Å². The summed E-state index contributed by atoms with van der Waals surface area (Å²) in [6.45, 7) is 4.60. The molecule has 104 valence electrons. The second kappa shape index (κ2) is 4.10. The number of allylic oxidation sites excluding steroid dienone is 2. The average molecular weight is 260 g/mol. The van der Waals surface area contributed by atoms with E-state index in [4.69, 9.17) is 4.74 Å². The molecule has 2 heteroatoms. The summed E-state index contributed by atoms with van der Waals surface area (Å²) in [6.07, 6.45) is 8.99. The Morgan fingerprint density at radius 3 is 2.53 bits per heavy atom. The standard InChI is InChI=1S/C17H24O2/c1-9-13(5-6-19-10(2)18)15-8-14(9)16-11-3-4-12(7-11)17(15)16/h3-4,9,11-17H,5-8H2,1-2H3. The molecule has 0 spiro atoms. The minimum Gasteiger partial charge on any atom is -0.466 e. The van der Waals surface area contributed by atoms with Gasteiger partial charge in [-0.1, -0.05) is 19.1 Å². The first-order chi connectivity index (χ1) is 9.16. The van der Waals surface area contributed by atoms with Crippen LogP contribution in [0.25, 0.3) is 0 Å². The molecule has 0 heterocycles. The maximum atomic E-state index is 10.9. The van der Waals surface area contributed by atoms with Crippen molar-refractivity contribution in [1.82, 2.24) is 0 Å². The number of carbonyl (C=O) groups is 1. The molecule has 19 heavy (non-hydrogen) atoms. The lowest BCUT2D eigenvalue weighted by Gasteiger charge is -2.40. The largest absolute Gasteiger partial charge is 0.466 e. The third-order valence-electron chi connectivity index (χ3n) is 6.77. The van der Waals surface area contributed by atoms with Crippen LogP contribution in [0.4, 0.5) is 0 Å². The summed E-state index contributed by atoms with van der Waals surface area (Å²) in [5.74, 6) is 7.15. The lowest BCUT2D eigenvalue weighted by Crippen LogP contribution is -2.36. The first kappa shape index (κ1) is 12.0. The molecule has 0 radical (unpaired) electrons. The monoisotopic (exact) mass is 260 g/mol. The van der Waals surface area contributed by atoms with Gasteiger partial charge in [0.15, 0.2) is 0 Å². The fraction of sp³-hybridized carbons (Fsp3) is 0.824. The molecule has 3 saturated carbocycles. The van der Waals surface area contributed by atoms with Crippen LogP contribution in [0.1, 0.15) is 33.1 Å². The van der Waals surface area contributed by atoms with Gasteiger partial charge in [-0.25, -0.2) is 0 Å². The van der Waals surface area contributed by atoms with Gasteiger partial charge in [0.1, 0.15) is 0 Å². The second-order valence-electron chi connectivity index (χ2n) is 7.32. The molecule has 0 aromatic rings.